The van der Waals surface area contributed by atoms with Crippen LogP contribution in [0.5, 0.6) is 5.75 Å². The van der Waals surface area contributed by atoms with E-state index in [1.807, 2.05) is 13.0 Å². The van der Waals surface area contributed by atoms with E-state index in [1.54, 1.807) is 6.08 Å². The molecule has 2 atom stereocenters. The topological polar surface area (TPSA) is 94.8 Å². The molecular weight excluding hydrogens is 393 g/mol. The Morgan fingerprint density at radius 1 is 1.30 bits per heavy atom. The predicted molar refractivity (Wildman–Crippen MR) is 109 cm³/mol. The normalized spacial score (nSPS) is 20.0. The summed E-state index contributed by atoms with van der Waals surface area (Å²) in [5.74, 6) is 0.285. The molecule has 8 nitrogen and oxygen atoms in total. The van der Waals surface area contributed by atoms with Crippen molar-refractivity contribution in [1.82, 2.24) is 9.78 Å². The molecule has 0 spiro atoms. The van der Waals surface area contributed by atoms with Crippen LogP contribution in [0.4, 0.5) is 10.2 Å². The van der Waals surface area contributed by atoms with E-state index in [4.69, 9.17) is 14.2 Å². The molecule has 0 radical (unpaired) electrons. The predicted octanol–water partition coefficient (Wildman–Crippen LogP) is 1.90. The lowest BCUT2D eigenvalue weighted by Gasteiger charge is -2.45. The smallest absolute Gasteiger partial charge is 0.267 e. The number of allylic oxidation sites excluding steroid dienone is 2. The molecule has 2 aromatic rings. The van der Waals surface area contributed by atoms with Gasteiger partial charge in [0, 0.05) is 25.8 Å². The summed E-state index contributed by atoms with van der Waals surface area (Å²) in [5, 5.41) is 18.7. The Labute approximate surface area is 173 Å². The van der Waals surface area contributed by atoms with E-state index < -0.39 is 23.6 Å². The van der Waals surface area contributed by atoms with Crippen LogP contribution in [-0.2, 0) is 16.0 Å². The van der Waals surface area contributed by atoms with E-state index >= 15 is 0 Å². The third kappa shape index (κ3) is 4.38. The number of ether oxygens (including phenoxy) is 3. The average Bonchev–Trinajstić information content (AvgIpc) is 2.72. The summed E-state index contributed by atoms with van der Waals surface area (Å²) in [6.45, 7) is 2.25. The van der Waals surface area contributed by atoms with Crippen LogP contribution in [-0.4, -0.2) is 54.0 Å². The van der Waals surface area contributed by atoms with Gasteiger partial charge < -0.3 is 24.6 Å². The van der Waals surface area contributed by atoms with Crippen LogP contribution in [0.25, 0.3) is 0 Å². The number of benzene rings is 1. The van der Waals surface area contributed by atoms with Crippen LogP contribution in [0.15, 0.2) is 47.3 Å². The Balaban J connectivity index is 2.03. The molecule has 0 amide bonds. The van der Waals surface area contributed by atoms with Gasteiger partial charge >= 0.3 is 0 Å². The van der Waals surface area contributed by atoms with Gasteiger partial charge in [0.1, 0.15) is 23.5 Å². The summed E-state index contributed by atoms with van der Waals surface area (Å²) in [6, 6.07) is 6.21. The van der Waals surface area contributed by atoms with Gasteiger partial charge in [-0.3, -0.25) is 4.79 Å². The lowest BCUT2D eigenvalue weighted by molar-refractivity contribution is -0.142. The van der Waals surface area contributed by atoms with Crippen LogP contribution in [0.1, 0.15) is 18.5 Å². The highest BCUT2D eigenvalue weighted by Gasteiger charge is 2.50. The molecule has 2 N–H and O–H groups in total. The number of aliphatic hydroxyl groups excluding tert-OH is 1. The van der Waals surface area contributed by atoms with Gasteiger partial charge in [0.25, 0.3) is 5.56 Å². The number of halogens is 1. The summed E-state index contributed by atoms with van der Waals surface area (Å²) in [4.78, 5) is 12.0. The molecule has 0 saturated heterocycles. The number of methoxy groups -OCH3 is 2. The van der Waals surface area contributed by atoms with Crippen LogP contribution in [0.2, 0.25) is 0 Å². The highest BCUT2D eigenvalue weighted by atomic mass is 19.1. The maximum Gasteiger partial charge on any atom is 0.267 e. The monoisotopic (exact) mass is 419 g/mol. The van der Waals surface area contributed by atoms with Crippen molar-refractivity contribution in [1.29, 1.82) is 0 Å². The van der Waals surface area contributed by atoms with Gasteiger partial charge in [-0.2, -0.15) is 5.10 Å². The summed E-state index contributed by atoms with van der Waals surface area (Å²) in [6.07, 6.45) is 2.46. The summed E-state index contributed by atoms with van der Waals surface area (Å²) >= 11 is 0. The van der Waals surface area contributed by atoms with Gasteiger partial charge in [-0.25, -0.2) is 9.07 Å². The van der Waals surface area contributed by atoms with Gasteiger partial charge in [0.2, 0.25) is 0 Å². The minimum Gasteiger partial charge on any atom is -0.479 e. The van der Waals surface area contributed by atoms with Gasteiger partial charge in [-0.05, 0) is 31.2 Å². The van der Waals surface area contributed by atoms with Crippen molar-refractivity contribution >= 4 is 5.82 Å². The van der Waals surface area contributed by atoms with Gasteiger partial charge in [-0.1, -0.05) is 12.2 Å². The summed E-state index contributed by atoms with van der Waals surface area (Å²) in [5.41, 5.74) is -1.05. The van der Waals surface area contributed by atoms with E-state index in [2.05, 4.69) is 10.4 Å². The molecule has 1 aromatic carbocycles. The van der Waals surface area contributed by atoms with Crippen molar-refractivity contribution in [2.75, 3.05) is 32.8 Å². The fraction of sp³-hybridized carbons (Fsp3) is 0.429. The zero-order chi connectivity index (χ0) is 21.7. The Kier molecular flexibility index (Phi) is 6.86. The molecule has 0 fully saturated rings. The van der Waals surface area contributed by atoms with Crippen molar-refractivity contribution in [3.63, 3.8) is 0 Å². The summed E-state index contributed by atoms with van der Waals surface area (Å²) < 4.78 is 31.9. The Morgan fingerprint density at radius 2 is 2.03 bits per heavy atom. The van der Waals surface area contributed by atoms with Crippen LogP contribution in [0.3, 0.4) is 0 Å². The van der Waals surface area contributed by atoms with E-state index in [0.29, 0.717) is 23.7 Å². The first kappa shape index (κ1) is 21.9. The molecule has 1 aliphatic rings. The number of rotatable bonds is 8. The fourth-order valence-electron chi connectivity index (χ4n) is 3.55. The maximum atomic E-state index is 14.0. The molecule has 1 aliphatic heterocycles. The fourth-order valence-corrected chi connectivity index (χ4v) is 3.55. The number of hydrogen-bond donors (Lipinski definition) is 2. The van der Waals surface area contributed by atoms with E-state index in [1.165, 1.54) is 49.2 Å². The SMILES string of the molecule is C/C=C/Cn1nc(NC2c3cc(F)ccc3OC(COC)(COC)C2O)ccc1=O. The Bertz CT molecular complexity index is 956. The van der Waals surface area contributed by atoms with Gasteiger partial charge in [0.05, 0.1) is 25.8 Å². The third-order valence-corrected chi connectivity index (χ3v) is 4.94. The highest BCUT2D eigenvalue weighted by molar-refractivity contribution is 5.47. The van der Waals surface area contributed by atoms with E-state index in [-0.39, 0.29) is 18.8 Å². The van der Waals surface area contributed by atoms with E-state index in [0.717, 1.165) is 0 Å². The van der Waals surface area contributed by atoms with Gasteiger partial charge in [0.15, 0.2) is 5.60 Å². The minimum atomic E-state index is -1.22. The number of aromatic nitrogens is 2. The molecule has 1 aromatic heterocycles. The molecule has 30 heavy (non-hydrogen) atoms. The molecular formula is C21H26FN3O5. The lowest BCUT2D eigenvalue weighted by Crippen LogP contribution is -2.60. The second-order valence-corrected chi connectivity index (χ2v) is 7.09. The van der Waals surface area contributed by atoms with Crippen molar-refractivity contribution in [2.24, 2.45) is 0 Å². The first-order valence-electron chi connectivity index (χ1n) is 9.54. The average molecular weight is 419 g/mol. The van der Waals surface area contributed by atoms with E-state index in [9.17, 15) is 14.3 Å². The molecule has 2 unspecified atom stereocenters. The number of anilines is 1. The molecule has 3 rings (SSSR count). The quantitative estimate of drug-likeness (QED) is 0.631. The zero-order valence-electron chi connectivity index (χ0n) is 17.2. The van der Waals surface area contributed by atoms with Crippen molar-refractivity contribution in [3.05, 3.63) is 64.2 Å². The van der Waals surface area contributed by atoms with Gasteiger partial charge in [-0.15, -0.1) is 0 Å². The Morgan fingerprint density at radius 3 is 2.70 bits per heavy atom. The number of hydrogen-bond acceptors (Lipinski definition) is 7. The van der Waals surface area contributed by atoms with Crippen LogP contribution >= 0.6 is 0 Å². The second kappa shape index (κ2) is 9.38. The molecule has 162 valence electrons. The highest BCUT2D eigenvalue weighted by Crippen LogP contribution is 2.42. The number of aliphatic hydroxyl groups is 1. The molecule has 9 heteroatoms. The third-order valence-electron chi connectivity index (χ3n) is 4.94. The maximum absolute atomic E-state index is 14.0. The van der Waals surface area contributed by atoms with Crippen LogP contribution in [0, 0.1) is 5.82 Å². The van der Waals surface area contributed by atoms with Crippen molar-refractivity contribution in [3.8, 4) is 5.75 Å². The number of nitrogens with one attached hydrogen (secondary N) is 1. The standard InChI is InChI=1S/C21H26FN3O5/c1-4-5-10-25-18(26)9-8-17(24-25)23-19-15-11-14(22)6-7-16(15)30-21(12-28-2,13-29-3)20(19)27/h4-9,11,19-20,27H,10,12-13H2,1-3H3,(H,23,24)/b5-4+. The summed E-state index contributed by atoms with van der Waals surface area (Å²) in [7, 11) is 2.99. The first-order chi connectivity index (χ1) is 14.4. The molecule has 0 saturated carbocycles. The number of nitrogens with zero attached hydrogens (tertiary/aromatic N) is 2. The van der Waals surface area contributed by atoms with Crippen LogP contribution < -0.4 is 15.6 Å². The molecule has 2 heterocycles. The second-order valence-electron chi connectivity index (χ2n) is 7.09. The zero-order valence-corrected chi connectivity index (χ0v) is 17.2. The minimum absolute atomic E-state index is 0.0468. The Hall–Kier alpha value is -2.75. The molecule has 0 aliphatic carbocycles. The first-order valence-corrected chi connectivity index (χ1v) is 9.54. The van der Waals surface area contributed by atoms with Crippen molar-refractivity contribution in [2.45, 2.75) is 31.2 Å². The lowest BCUT2D eigenvalue weighted by atomic mass is 9.84. The molecule has 0 bridgehead atoms. The largest absolute Gasteiger partial charge is 0.479 e. The number of fused-ring (bicyclic) bond motifs is 1. The van der Waals surface area contributed by atoms with Crippen molar-refractivity contribution < 1.29 is 23.7 Å².